The topological polar surface area (TPSA) is 18.5 Å². The van der Waals surface area contributed by atoms with Crippen molar-refractivity contribution >= 4 is 40.0 Å². The van der Waals surface area contributed by atoms with E-state index in [-0.39, 0.29) is 6.29 Å². The number of thioether (sulfide) groups is 1. The Balaban J connectivity index is 1.49. The molecule has 1 aliphatic carbocycles. The third-order valence-electron chi connectivity index (χ3n) is 4.58. The van der Waals surface area contributed by atoms with Gasteiger partial charge in [-0.15, -0.1) is 34.4 Å². The van der Waals surface area contributed by atoms with E-state index in [0.717, 1.165) is 12.8 Å². The van der Waals surface area contributed by atoms with Crippen LogP contribution in [0.25, 0.3) is 15.3 Å². The van der Waals surface area contributed by atoms with Crippen LogP contribution in [0, 0.1) is 0 Å². The Kier molecular flexibility index (Phi) is 4.44. The van der Waals surface area contributed by atoms with Crippen LogP contribution in [0.1, 0.15) is 39.7 Å². The molecular weight excluding hydrogens is 368 g/mol. The van der Waals surface area contributed by atoms with E-state index in [9.17, 15) is 0 Å². The highest BCUT2D eigenvalue weighted by Gasteiger charge is 2.29. The Hall–Kier alpha value is -1.11. The summed E-state index contributed by atoms with van der Waals surface area (Å²) in [6, 6.07) is 6.81. The normalized spacial score (nSPS) is 23.0. The van der Waals surface area contributed by atoms with Crippen molar-refractivity contribution in [2.24, 2.45) is 0 Å². The Morgan fingerprint density at radius 1 is 0.960 bits per heavy atom. The molecule has 2 nitrogen and oxygen atoms in total. The van der Waals surface area contributed by atoms with Crippen LogP contribution < -0.4 is 0 Å². The number of ether oxygens (including phenoxy) is 2. The number of rotatable bonds is 4. The monoisotopic (exact) mass is 386 g/mol. The molecular formula is C20H18O2S3. The van der Waals surface area contributed by atoms with Gasteiger partial charge < -0.3 is 9.47 Å². The lowest BCUT2D eigenvalue weighted by molar-refractivity contribution is -0.0443. The summed E-state index contributed by atoms with van der Waals surface area (Å²) >= 11 is 5.70. The number of hydrogen-bond acceptors (Lipinski definition) is 5. The molecule has 4 heterocycles. The lowest BCUT2D eigenvalue weighted by Crippen LogP contribution is -2.01. The Bertz CT molecular complexity index is 838. The molecule has 1 unspecified atom stereocenters. The van der Waals surface area contributed by atoms with E-state index in [0.29, 0.717) is 18.5 Å². The van der Waals surface area contributed by atoms with E-state index in [2.05, 4.69) is 47.9 Å². The fourth-order valence-electron chi connectivity index (χ4n) is 3.34. The molecule has 5 rings (SSSR count). The molecule has 0 saturated carbocycles. The molecule has 0 bridgehead atoms. The minimum Gasteiger partial charge on any atom is -0.346 e. The molecule has 3 aliphatic rings. The summed E-state index contributed by atoms with van der Waals surface area (Å²) in [6.45, 7) is 1.38. The van der Waals surface area contributed by atoms with Gasteiger partial charge in [-0.25, -0.2) is 0 Å². The first-order chi connectivity index (χ1) is 12.4. The Morgan fingerprint density at radius 3 is 2.60 bits per heavy atom. The van der Waals surface area contributed by atoms with Gasteiger partial charge in [-0.3, -0.25) is 0 Å². The molecule has 0 radical (unpaired) electrons. The van der Waals surface area contributed by atoms with Crippen molar-refractivity contribution in [1.29, 1.82) is 0 Å². The van der Waals surface area contributed by atoms with Crippen molar-refractivity contribution in [3.8, 4) is 9.75 Å². The van der Waals surface area contributed by atoms with E-state index < -0.39 is 0 Å². The molecule has 1 fully saturated rings. The summed E-state index contributed by atoms with van der Waals surface area (Å²) in [6.07, 6.45) is 10.8. The second-order valence-electron chi connectivity index (χ2n) is 6.22. The highest BCUT2D eigenvalue weighted by atomic mass is 32.2. The third-order valence-corrected chi connectivity index (χ3v) is 8.46. The smallest absolute Gasteiger partial charge is 0.185 e. The zero-order valence-electron chi connectivity index (χ0n) is 13.6. The second-order valence-corrected chi connectivity index (χ2v) is 9.50. The average molecular weight is 387 g/mol. The van der Waals surface area contributed by atoms with Gasteiger partial charge in [0.25, 0.3) is 0 Å². The van der Waals surface area contributed by atoms with Crippen molar-refractivity contribution in [1.82, 2.24) is 0 Å². The highest BCUT2D eigenvalue weighted by molar-refractivity contribution is 8.02. The summed E-state index contributed by atoms with van der Waals surface area (Å²) in [5, 5.41) is 2.72. The maximum absolute atomic E-state index is 5.82. The summed E-state index contributed by atoms with van der Waals surface area (Å²) in [7, 11) is 0. The highest BCUT2D eigenvalue weighted by Crippen LogP contribution is 2.49. The van der Waals surface area contributed by atoms with Gasteiger partial charge >= 0.3 is 0 Å². The van der Waals surface area contributed by atoms with Crippen molar-refractivity contribution in [2.75, 3.05) is 13.2 Å². The minimum absolute atomic E-state index is 0.192. The number of hydrogen-bond donors (Lipinski definition) is 0. The van der Waals surface area contributed by atoms with Crippen LogP contribution in [0.3, 0.4) is 0 Å². The molecule has 25 heavy (non-hydrogen) atoms. The van der Waals surface area contributed by atoms with E-state index in [1.54, 1.807) is 0 Å². The van der Waals surface area contributed by atoms with E-state index in [4.69, 9.17) is 9.47 Å². The van der Waals surface area contributed by atoms with Gasteiger partial charge in [0.05, 0.1) is 13.2 Å². The van der Waals surface area contributed by atoms with E-state index in [1.165, 1.54) is 30.6 Å². The van der Waals surface area contributed by atoms with Crippen molar-refractivity contribution in [3.63, 3.8) is 0 Å². The van der Waals surface area contributed by atoms with Crippen LogP contribution in [-0.4, -0.2) is 13.2 Å². The minimum atomic E-state index is -0.192. The van der Waals surface area contributed by atoms with Crippen molar-refractivity contribution in [3.05, 3.63) is 63.2 Å². The number of allylic oxidation sites excluding steroid dienone is 5. The zero-order valence-corrected chi connectivity index (χ0v) is 16.1. The van der Waals surface area contributed by atoms with Gasteiger partial charge in [-0.1, -0.05) is 24.3 Å². The van der Waals surface area contributed by atoms with Gasteiger partial charge in [-0.05, 0) is 42.0 Å². The molecule has 0 aromatic carbocycles. The molecule has 0 spiro atoms. The SMILES string of the molecule is C1=CCC(c2ccc(-c3cc(C4OCCO4)c(C4CC=CS4)s3)s2)=C1. The van der Waals surface area contributed by atoms with Gasteiger partial charge in [0.15, 0.2) is 6.29 Å². The molecule has 5 heteroatoms. The van der Waals surface area contributed by atoms with Gasteiger partial charge in [0.2, 0.25) is 0 Å². The fraction of sp³-hybridized carbons (Fsp3) is 0.300. The average Bonchev–Trinajstić information content (AvgIpc) is 3.48. The van der Waals surface area contributed by atoms with E-state index >= 15 is 0 Å². The maximum Gasteiger partial charge on any atom is 0.185 e. The molecule has 128 valence electrons. The van der Waals surface area contributed by atoms with Gasteiger partial charge in [0.1, 0.15) is 0 Å². The fourth-order valence-corrected chi connectivity index (χ4v) is 6.84. The first kappa shape index (κ1) is 16.1. The lowest BCUT2D eigenvalue weighted by Gasteiger charge is -2.13. The Labute approximate surface area is 159 Å². The first-order valence-corrected chi connectivity index (χ1v) is 11.1. The van der Waals surface area contributed by atoms with Crippen LogP contribution in [-0.2, 0) is 9.47 Å². The zero-order chi connectivity index (χ0) is 16.6. The van der Waals surface area contributed by atoms with Crippen molar-refractivity contribution < 1.29 is 9.47 Å². The lowest BCUT2D eigenvalue weighted by atomic mass is 10.1. The summed E-state index contributed by atoms with van der Waals surface area (Å²) in [5.41, 5.74) is 2.65. The van der Waals surface area contributed by atoms with Crippen LogP contribution in [0.2, 0.25) is 0 Å². The van der Waals surface area contributed by atoms with Gasteiger partial charge in [-0.2, -0.15) is 0 Å². The van der Waals surface area contributed by atoms with Crippen LogP contribution in [0.5, 0.6) is 0 Å². The maximum atomic E-state index is 5.82. The van der Waals surface area contributed by atoms with Crippen molar-refractivity contribution in [2.45, 2.75) is 24.4 Å². The van der Waals surface area contributed by atoms with E-state index in [1.807, 2.05) is 34.4 Å². The molecule has 2 aromatic rings. The first-order valence-electron chi connectivity index (χ1n) is 8.52. The standard InChI is InChI=1S/C20H18O2S3/c1-2-5-13(4-1)15-7-8-16(24-15)18-12-14(20-21-9-10-22-20)19(25-18)17-6-3-11-23-17/h1-4,7-8,11-12,17,20H,5-6,9-10H2. The van der Waals surface area contributed by atoms with Crippen LogP contribution in [0.15, 0.2) is 47.9 Å². The largest absolute Gasteiger partial charge is 0.346 e. The molecule has 0 N–H and O–H groups in total. The molecule has 1 saturated heterocycles. The molecule has 0 amide bonds. The Morgan fingerprint density at radius 2 is 1.84 bits per heavy atom. The van der Waals surface area contributed by atoms with Gasteiger partial charge in [0, 0.05) is 30.3 Å². The molecule has 2 aliphatic heterocycles. The quantitative estimate of drug-likeness (QED) is 0.593. The predicted octanol–water partition coefficient (Wildman–Crippen LogP) is 6.56. The van der Waals surface area contributed by atoms with Crippen LogP contribution in [0.4, 0.5) is 0 Å². The van der Waals surface area contributed by atoms with Crippen LogP contribution >= 0.6 is 34.4 Å². The third kappa shape index (κ3) is 3.09. The number of thiophene rings is 2. The summed E-state index contributed by atoms with van der Waals surface area (Å²) in [4.78, 5) is 5.46. The summed E-state index contributed by atoms with van der Waals surface area (Å²) < 4.78 is 11.6. The second kappa shape index (κ2) is 6.89. The summed E-state index contributed by atoms with van der Waals surface area (Å²) in [5.74, 6) is 0. The predicted molar refractivity (Wildman–Crippen MR) is 108 cm³/mol. The molecule has 2 aromatic heterocycles. The molecule has 1 atom stereocenters.